The molecular weight excluding hydrogens is 216 g/mol. The zero-order chi connectivity index (χ0) is 13.0. The van der Waals surface area contributed by atoms with E-state index in [1.54, 1.807) is 38.5 Å². The average Bonchev–Trinajstić information content (AvgIpc) is 2.40. The van der Waals surface area contributed by atoms with Crippen LogP contribution in [0.3, 0.4) is 0 Å². The summed E-state index contributed by atoms with van der Waals surface area (Å²) >= 11 is 0. The van der Waals surface area contributed by atoms with Crippen LogP contribution in [0, 0.1) is 29.6 Å². The monoisotopic (exact) mass is 250 g/mol. The molecule has 0 aliphatic heterocycles. The lowest BCUT2D eigenvalue weighted by Gasteiger charge is -2.37. The van der Waals surface area contributed by atoms with Gasteiger partial charge in [-0.2, -0.15) is 0 Å². The van der Waals surface area contributed by atoms with Crippen molar-refractivity contribution in [3.63, 3.8) is 0 Å². The largest absolute Gasteiger partial charge is 0.0651 e. The molecule has 106 valence electrons. The predicted octanol–water partition coefficient (Wildman–Crippen LogP) is 6.06. The van der Waals surface area contributed by atoms with Crippen molar-refractivity contribution in [1.29, 1.82) is 0 Å². The molecule has 0 spiro atoms. The molecule has 0 radical (unpaired) electrons. The van der Waals surface area contributed by atoms with E-state index in [0.717, 1.165) is 29.6 Å². The zero-order valence-corrected chi connectivity index (χ0v) is 13.0. The van der Waals surface area contributed by atoms with E-state index in [9.17, 15) is 0 Å². The molecule has 18 heavy (non-hydrogen) atoms. The number of hydrogen-bond acceptors (Lipinski definition) is 0. The van der Waals surface area contributed by atoms with E-state index in [4.69, 9.17) is 0 Å². The summed E-state index contributed by atoms with van der Waals surface area (Å²) in [6.07, 6.45) is 15.2. The van der Waals surface area contributed by atoms with Gasteiger partial charge in [0.2, 0.25) is 0 Å². The molecule has 0 nitrogen and oxygen atoms in total. The van der Waals surface area contributed by atoms with Crippen LogP contribution < -0.4 is 0 Å². The molecule has 0 aromatic heterocycles. The topological polar surface area (TPSA) is 0 Å². The van der Waals surface area contributed by atoms with E-state index >= 15 is 0 Å². The molecule has 0 aromatic rings. The minimum absolute atomic E-state index is 0.960. The van der Waals surface area contributed by atoms with Gasteiger partial charge in [-0.25, -0.2) is 0 Å². The SMILES string of the molecule is CCC(C)CC1CCC(C2CCC(C)CC2)CC1. The van der Waals surface area contributed by atoms with Crippen molar-refractivity contribution in [3.05, 3.63) is 0 Å². The van der Waals surface area contributed by atoms with Gasteiger partial charge < -0.3 is 0 Å². The first-order valence-electron chi connectivity index (χ1n) is 8.69. The maximum absolute atomic E-state index is 2.44. The molecule has 2 saturated carbocycles. The Morgan fingerprint density at radius 2 is 1.33 bits per heavy atom. The highest BCUT2D eigenvalue weighted by atomic mass is 14.4. The van der Waals surface area contributed by atoms with Gasteiger partial charge in [-0.15, -0.1) is 0 Å². The Hall–Kier alpha value is 0. The molecular formula is C18H34. The van der Waals surface area contributed by atoms with E-state index in [0.29, 0.717) is 0 Å². The molecule has 0 amide bonds. The number of hydrogen-bond donors (Lipinski definition) is 0. The highest BCUT2D eigenvalue weighted by Gasteiger charge is 2.30. The predicted molar refractivity (Wildman–Crippen MR) is 80.6 cm³/mol. The molecule has 2 fully saturated rings. The minimum Gasteiger partial charge on any atom is -0.0651 e. The lowest BCUT2D eigenvalue weighted by molar-refractivity contribution is 0.142. The summed E-state index contributed by atoms with van der Waals surface area (Å²) < 4.78 is 0. The van der Waals surface area contributed by atoms with Gasteiger partial charge in [0.25, 0.3) is 0 Å². The first-order chi connectivity index (χ1) is 8.69. The van der Waals surface area contributed by atoms with E-state index < -0.39 is 0 Å². The third-order valence-electron chi connectivity index (χ3n) is 6.05. The van der Waals surface area contributed by atoms with Crippen molar-refractivity contribution in [3.8, 4) is 0 Å². The zero-order valence-electron chi connectivity index (χ0n) is 13.0. The summed E-state index contributed by atoms with van der Waals surface area (Å²) in [7, 11) is 0. The summed E-state index contributed by atoms with van der Waals surface area (Å²) in [4.78, 5) is 0. The van der Waals surface area contributed by atoms with Gasteiger partial charge in [0.15, 0.2) is 0 Å². The van der Waals surface area contributed by atoms with Crippen molar-refractivity contribution < 1.29 is 0 Å². The van der Waals surface area contributed by atoms with E-state index in [-0.39, 0.29) is 0 Å². The van der Waals surface area contributed by atoms with Gasteiger partial charge in [0, 0.05) is 0 Å². The Labute approximate surface area is 115 Å². The molecule has 2 aliphatic rings. The summed E-state index contributed by atoms with van der Waals surface area (Å²) in [6.45, 7) is 7.23. The second kappa shape index (κ2) is 6.96. The third kappa shape index (κ3) is 4.00. The van der Waals surface area contributed by atoms with Crippen LogP contribution in [-0.2, 0) is 0 Å². The summed E-state index contributed by atoms with van der Waals surface area (Å²) in [5, 5.41) is 0. The Morgan fingerprint density at radius 3 is 1.83 bits per heavy atom. The summed E-state index contributed by atoms with van der Waals surface area (Å²) in [5.41, 5.74) is 0. The fourth-order valence-electron chi connectivity index (χ4n) is 4.39. The molecule has 1 atom stereocenters. The maximum atomic E-state index is 2.44. The second-order valence-corrected chi connectivity index (χ2v) is 7.55. The smallest absolute Gasteiger partial charge is 0.0386 e. The molecule has 0 aromatic carbocycles. The van der Waals surface area contributed by atoms with Gasteiger partial charge in [-0.05, 0) is 61.7 Å². The van der Waals surface area contributed by atoms with Gasteiger partial charge in [0.1, 0.15) is 0 Å². The summed E-state index contributed by atoms with van der Waals surface area (Å²) in [6, 6.07) is 0. The Balaban J connectivity index is 1.70. The van der Waals surface area contributed by atoms with Crippen LogP contribution in [0.5, 0.6) is 0 Å². The molecule has 1 unspecified atom stereocenters. The highest BCUT2D eigenvalue weighted by molar-refractivity contribution is 4.81. The molecule has 0 heterocycles. The van der Waals surface area contributed by atoms with E-state index in [1.165, 1.54) is 25.7 Å². The van der Waals surface area contributed by atoms with Gasteiger partial charge >= 0.3 is 0 Å². The van der Waals surface area contributed by atoms with Gasteiger partial charge in [-0.3, -0.25) is 0 Å². The first kappa shape index (κ1) is 14.4. The van der Waals surface area contributed by atoms with Crippen LogP contribution in [0.25, 0.3) is 0 Å². The van der Waals surface area contributed by atoms with E-state index in [1.807, 2.05) is 0 Å². The van der Waals surface area contributed by atoms with Gasteiger partial charge in [-0.1, -0.05) is 52.9 Å². The summed E-state index contributed by atoms with van der Waals surface area (Å²) in [5.74, 6) is 5.25. The van der Waals surface area contributed by atoms with Crippen molar-refractivity contribution in [2.75, 3.05) is 0 Å². The average molecular weight is 250 g/mol. The molecule has 0 heteroatoms. The van der Waals surface area contributed by atoms with Crippen LogP contribution in [0.1, 0.15) is 85.0 Å². The maximum Gasteiger partial charge on any atom is -0.0386 e. The lowest BCUT2D eigenvalue weighted by atomic mass is 9.68. The van der Waals surface area contributed by atoms with Crippen LogP contribution in [0.4, 0.5) is 0 Å². The lowest BCUT2D eigenvalue weighted by Crippen LogP contribution is -2.25. The Kier molecular flexibility index (Phi) is 5.57. The quantitative estimate of drug-likeness (QED) is 0.569. The van der Waals surface area contributed by atoms with Crippen molar-refractivity contribution in [2.45, 2.75) is 85.0 Å². The normalized spacial score (nSPS) is 39.5. The van der Waals surface area contributed by atoms with E-state index in [2.05, 4.69) is 20.8 Å². The molecule has 2 rings (SSSR count). The molecule has 0 saturated heterocycles. The Bertz CT molecular complexity index is 216. The third-order valence-corrected chi connectivity index (χ3v) is 6.05. The van der Waals surface area contributed by atoms with Crippen molar-refractivity contribution >= 4 is 0 Å². The van der Waals surface area contributed by atoms with Crippen LogP contribution >= 0.6 is 0 Å². The fourth-order valence-corrected chi connectivity index (χ4v) is 4.39. The number of rotatable bonds is 4. The standard InChI is InChI=1S/C18H34/c1-4-14(2)13-16-7-11-18(12-8-16)17-9-5-15(3)6-10-17/h14-18H,4-13H2,1-3H3. The fraction of sp³-hybridized carbons (Fsp3) is 1.00. The molecule has 0 bridgehead atoms. The first-order valence-corrected chi connectivity index (χ1v) is 8.69. The molecule has 0 N–H and O–H groups in total. The highest BCUT2D eigenvalue weighted by Crippen LogP contribution is 2.42. The second-order valence-electron chi connectivity index (χ2n) is 7.55. The van der Waals surface area contributed by atoms with Crippen LogP contribution in [-0.4, -0.2) is 0 Å². The van der Waals surface area contributed by atoms with Crippen molar-refractivity contribution in [2.24, 2.45) is 29.6 Å². The van der Waals surface area contributed by atoms with Crippen LogP contribution in [0.2, 0.25) is 0 Å². The van der Waals surface area contributed by atoms with Crippen molar-refractivity contribution in [1.82, 2.24) is 0 Å². The van der Waals surface area contributed by atoms with Crippen LogP contribution in [0.15, 0.2) is 0 Å². The molecule has 2 aliphatic carbocycles. The minimum atomic E-state index is 0.960. The Morgan fingerprint density at radius 1 is 0.833 bits per heavy atom. The van der Waals surface area contributed by atoms with Gasteiger partial charge in [0.05, 0.1) is 0 Å².